The Balaban J connectivity index is 2.10. The van der Waals surface area contributed by atoms with Gasteiger partial charge in [-0.1, -0.05) is 30.3 Å². The molecule has 1 aromatic carbocycles. The molecule has 0 fully saturated rings. The summed E-state index contributed by atoms with van der Waals surface area (Å²) in [5.74, 6) is 0.485. The van der Waals surface area contributed by atoms with Crippen molar-refractivity contribution in [1.29, 1.82) is 0 Å². The first kappa shape index (κ1) is 17.4. The number of carbonyl (C=O) groups excluding carboxylic acids is 1. The van der Waals surface area contributed by atoms with Gasteiger partial charge in [0.15, 0.2) is 4.77 Å². The van der Waals surface area contributed by atoms with Crippen LogP contribution in [0.25, 0.3) is 0 Å². The van der Waals surface area contributed by atoms with Gasteiger partial charge in [-0.05, 0) is 31.8 Å². The summed E-state index contributed by atoms with van der Waals surface area (Å²) in [7, 11) is 2.03. The quantitative estimate of drug-likeness (QED) is 0.750. The summed E-state index contributed by atoms with van der Waals surface area (Å²) in [6.07, 6.45) is 0.799. The minimum atomic E-state index is -0.325. The Hall–Kier alpha value is -1.99. The number of primary amides is 1. The fourth-order valence-electron chi connectivity index (χ4n) is 2.49. The van der Waals surface area contributed by atoms with Crippen LogP contribution in [0.5, 0.6) is 0 Å². The van der Waals surface area contributed by atoms with Gasteiger partial charge in [-0.15, -0.1) is 0 Å². The summed E-state index contributed by atoms with van der Waals surface area (Å²) in [6.45, 7) is 4.17. The molecular weight excluding hydrogens is 310 g/mol. The molecule has 23 heavy (non-hydrogen) atoms. The smallest absolute Gasteiger partial charge is 0.217 e. The van der Waals surface area contributed by atoms with Crippen molar-refractivity contribution in [2.75, 3.05) is 7.05 Å². The van der Waals surface area contributed by atoms with E-state index in [1.54, 1.807) is 4.68 Å². The topological polar surface area (TPSA) is 69.1 Å². The highest BCUT2D eigenvalue weighted by molar-refractivity contribution is 7.71. The molecule has 7 heteroatoms. The lowest BCUT2D eigenvalue weighted by Gasteiger charge is -2.16. The molecule has 0 saturated carbocycles. The number of hydrogen-bond donors (Lipinski definition) is 1. The summed E-state index contributed by atoms with van der Waals surface area (Å²) in [5, 5.41) is 4.56. The SMILES string of the molecule is CCn1c(CCC(N)=O)nn(CN(C)Cc2ccccc2)c1=S. The molecule has 0 unspecified atom stereocenters. The Kier molecular flexibility index (Phi) is 6.06. The molecule has 0 saturated heterocycles. The van der Waals surface area contributed by atoms with Crippen LogP contribution < -0.4 is 5.73 Å². The molecule has 124 valence electrons. The van der Waals surface area contributed by atoms with E-state index in [0.29, 0.717) is 17.9 Å². The van der Waals surface area contributed by atoms with Crippen molar-refractivity contribution in [2.24, 2.45) is 5.73 Å². The van der Waals surface area contributed by atoms with Crippen LogP contribution in [0.15, 0.2) is 30.3 Å². The van der Waals surface area contributed by atoms with Crippen LogP contribution in [0.2, 0.25) is 0 Å². The molecular formula is C16H23N5OS. The standard InChI is InChI=1S/C16H23N5OS/c1-3-20-15(10-9-14(17)22)18-21(16(20)23)12-19(2)11-13-7-5-4-6-8-13/h4-8H,3,9-12H2,1-2H3,(H2,17,22). The second-order valence-electron chi connectivity index (χ2n) is 5.55. The highest BCUT2D eigenvalue weighted by Gasteiger charge is 2.12. The summed E-state index contributed by atoms with van der Waals surface area (Å²) in [4.78, 5) is 13.1. The number of aromatic nitrogens is 3. The van der Waals surface area contributed by atoms with E-state index in [-0.39, 0.29) is 12.3 Å². The Bertz CT molecular complexity index is 707. The first-order chi connectivity index (χ1) is 11.0. The number of amides is 1. The van der Waals surface area contributed by atoms with Gasteiger partial charge in [0, 0.05) is 25.9 Å². The van der Waals surface area contributed by atoms with Gasteiger partial charge < -0.3 is 10.3 Å². The van der Waals surface area contributed by atoms with Gasteiger partial charge >= 0.3 is 0 Å². The van der Waals surface area contributed by atoms with Crippen LogP contribution in [-0.2, 0) is 31.0 Å². The van der Waals surface area contributed by atoms with E-state index in [1.807, 2.05) is 36.7 Å². The van der Waals surface area contributed by atoms with Gasteiger partial charge in [0.1, 0.15) is 5.82 Å². The molecule has 1 amide bonds. The Morgan fingerprint density at radius 1 is 1.35 bits per heavy atom. The maximum atomic E-state index is 11.0. The van der Waals surface area contributed by atoms with E-state index < -0.39 is 0 Å². The lowest BCUT2D eigenvalue weighted by molar-refractivity contribution is -0.118. The zero-order chi connectivity index (χ0) is 16.8. The van der Waals surface area contributed by atoms with Crippen LogP contribution in [-0.4, -0.2) is 32.2 Å². The van der Waals surface area contributed by atoms with Crippen LogP contribution >= 0.6 is 12.2 Å². The number of nitrogens with two attached hydrogens (primary N) is 1. The third kappa shape index (κ3) is 4.74. The zero-order valence-electron chi connectivity index (χ0n) is 13.6. The number of aryl methyl sites for hydroxylation is 1. The summed E-state index contributed by atoms with van der Waals surface area (Å²) < 4.78 is 4.43. The van der Waals surface area contributed by atoms with Gasteiger partial charge in [0.05, 0.1) is 6.67 Å². The van der Waals surface area contributed by atoms with Gasteiger partial charge in [0.25, 0.3) is 0 Å². The Morgan fingerprint density at radius 2 is 2.04 bits per heavy atom. The minimum absolute atomic E-state index is 0.283. The molecule has 1 heterocycles. The minimum Gasteiger partial charge on any atom is -0.370 e. The molecule has 0 radical (unpaired) electrons. The van der Waals surface area contributed by atoms with Gasteiger partial charge in [-0.25, -0.2) is 4.68 Å². The fraction of sp³-hybridized carbons (Fsp3) is 0.438. The third-order valence-corrected chi connectivity index (χ3v) is 4.01. The highest BCUT2D eigenvalue weighted by atomic mass is 32.1. The maximum Gasteiger partial charge on any atom is 0.217 e. The molecule has 0 atom stereocenters. The van der Waals surface area contributed by atoms with E-state index in [2.05, 4.69) is 22.1 Å². The van der Waals surface area contributed by atoms with Crippen molar-refractivity contribution in [3.05, 3.63) is 46.5 Å². The van der Waals surface area contributed by atoms with Crippen molar-refractivity contribution in [2.45, 2.75) is 39.5 Å². The van der Waals surface area contributed by atoms with Crippen molar-refractivity contribution < 1.29 is 4.79 Å². The third-order valence-electron chi connectivity index (χ3n) is 3.58. The summed E-state index contributed by atoms with van der Waals surface area (Å²) >= 11 is 5.50. The number of carbonyl (C=O) groups is 1. The largest absolute Gasteiger partial charge is 0.370 e. The molecule has 1 aromatic heterocycles. The number of nitrogens with zero attached hydrogens (tertiary/aromatic N) is 4. The van der Waals surface area contributed by atoms with Crippen LogP contribution in [0.1, 0.15) is 24.7 Å². The molecule has 0 spiro atoms. The summed E-state index contributed by atoms with van der Waals surface area (Å²) in [5.41, 5.74) is 6.47. The number of hydrogen-bond acceptors (Lipinski definition) is 4. The maximum absolute atomic E-state index is 11.0. The van der Waals surface area contributed by atoms with Crippen LogP contribution in [0.3, 0.4) is 0 Å². The van der Waals surface area contributed by atoms with E-state index in [4.69, 9.17) is 18.0 Å². The first-order valence-corrected chi connectivity index (χ1v) is 8.09. The first-order valence-electron chi connectivity index (χ1n) is 7.68. The number of benzene rings is 1. The average Bonchev–Trinajstić information content (AvgIpc) is 2.81. The molecule has 2 N–H and O–H groups in total. The van der Waals surface area contributed by atoms with Crippen LogP contribution in [0, 0.1) is 4.77 Å². The second-order valence-corrected chi connectivity index (χ2v) is 5.92. The van der Waals surface area contributed by atoms with E-state index in [9.17, 15) is 4.79 Å². The average molecular weight is 333 g/mol. The van der Waals surface area contributed by atoms with Crippen molar-refractivity contribution in [3.63, 3.8) is 0 Å². The molecule has 6 nitrogen and oxygen atoms in total. The monoisotopic (exact) mass is 333 g/mol. The molecule has 0 aliphatic carbocycles. The van der Waals surface area contributed by atoms with Gasteiger partial charge in [0.2, 0.25) is 5.91 Å². The predicted molar refractivity (Wildman–Crippen MR) is 92.1 cm³/mol. The second kappa shape index (κ2) is 8.03. The van der Waals surface area contributed by atoms with Gasteiger partial charge in [-0.2, -0.15) is 5.10 Å². The van der Waals surface area contributed by atoms with Crippen molar-refractivity contribution in [3.8, 4) is 0 Å². The molecule has 0 aliphatic rings. The number of rotatable bonds is 8. The Labute approximate surface area is 141 Å². The molecule has 2 rings (SSSR count). The van der Waals surface area contributed by atoms with E-state index in [0.717, 1.165) is 18.9 Å². The summed E-state index contributed by atoms with van der Waals surface area (Å²) in [6, 6.07) is 10.3. The van der Waals surface area contributed by atoms with Crippen molar-refractivity contribution >= 4 is 18.1 Å². The lowest BCUT2D eigenvalue weighted by atomic mass is 10.2. The van der Waals surface area contributed by atoms with Crippen LogP contribution in [0.4, 0.5) is 0 Å². The predicted octanol–water partition coefficient (Wildman–Crippen LogP) is 1.94. The fourth-order valence-corrected chi connectivity index (χ4v) is 2.82. The Morgan fingerprint density at radius 3 is 2.65 bits per heavy atom. The lowest BCUT2D eigenvalue weighted by Crippen LogP contribution is -2.22. The van der Waals surface area contributed by atoms with Crippen molar-refractivity contribution in [1.82, 2.24) is 19.2 Å². The molecule has 0 aliphatic heterocycles. The normalized spacial score (nSPS) is 11.1. The molecule has 2 aromatic rings. The highest BCUT2D eigenvalue weighted by Crippen LogP contribution is 2.08. The van der Waals surface area contributed by atoms with E-state index in [1.165, 1.54) is 5.56 Å². The molecule has 0 bridgehead atoms. The van der Waals surface area contributed by atoms with E-state index >= 15 is 0 Å². The van der Waals surface area contributed by atoms with Gasteiger partial charge in [-0.3, -0.25) is 9.69 Å². The zero-order valence-corrected chi connectivity index (χ0v) is 14.4.